The van der Waals surface area contributed by atoms with E-state index < -0.39 is 11.8 Å². The number of hydrogen-bond donors (Lipinski definition) is 2. The number of nitrogens with zero attached hydrogens (tertiary/aromatic N) is 1. The van der Waals surface area contributed by atoms with E-state index >= 15 is 0 Å². The van der Waals surface area contributed by atoms with E-state index in [4.69, 9.17) is 0 Å². The molecule has 5 nitrogen and oxygen atoms in total. The van der Waals surface area contributed by atoms with E-state index in [1.165, 1.54) is 48.7 Å². The van der Waals surface area contributed by atoms with Gasteiger partial charge in [0.05, 0.1) is 5.69 Å². The molecule has 2 aromatic carbocycles. The predicted octanol–water partition coefficient (Wildman–Crippen LogP) is 4.48. The van der Waals surface area contributed by atoms with E-state index in [0.29, 0.717) is 12.2 Å². The van der Waals surface area contributed by atoms with Crippen LogP contribution in [0.15, 0.2) is 53.4 Å². The fraction of sp³-hybridized carbons (Fsp3) is 0.417. The first-order valence-electron chi connectivity index (χ1n) is 10.7. The van der Waals surface area contributed by atoms with Crippen molar-refractivity contribution in [1.82, 2.24) is 5.32 Å². The zero-order valence-corrected chi connectivity index (χ0v) is 18.5. The molecule has 1 fully saturated rings. The first kappa shape index (κ1) is 22.2. The topological polar surface area (TPSA) is 61.4 Å². The Balaban J connectivity index is 1.39. The number of hydrogen-bond acceptors (Lipinski definition) is 4. The summed E-state index contributed by atoms with van der Waals surface area (Å²) in [6, 6.07) is 16.2. The Bertz CT molecular complexity index is 831. The lowest BCUT2D eigenvalue weighted by Gasteiger charge is -2.22. The van der Waals surface area contributed by atoms with Gasteiger partial charge in [-0.1, -0.05) is 37.1 Å². The van der Waals surface area contributed by atoms with Crippen molar-refractivity contribution in [1.29, 1.82) is 0 Å². The minimum Gasteiger partial charge on any atom is -0.372 e. The fourth-order valence-electron chi connectivity index (χ4n) is 3.70. The Morgan fingerprint density at radius 2 is 1.63 bits per heavy atom. The van der Waals surface area contributed by atoms with Gasteiger partial charge in [0.15, 0.2) is 0 Å². The summed E-state index contributed by atoms with van der Waals surface area (Å²) in [4.78, 5) is 27.6. The van der Waals surface area contributed by atoms with E-state index in [1.807, 2.05) is 24.5 Å². The SMILES string of the molecule is CSc1ccccc1NC(=O)C(=O)NCCCc1ccc(N2CCCCCC2)cc1. The van der Waals surface area contributed by atoms with Crippen molar-refractivity contribution >= 4 is 35.0 Å². The van der Waals surface area contributed by atoms with Gasteiger partial charge in [-0.25, -0.2) is 0 Å². The van der Waals surface area contributed by atoms with E-state index in [2.05, 4.69) is 39.8 Å². The van der Waals surface area contributed by atoms with Crippen LogP contribution in [-0.4, -0.2) is 37.7 Å². The molecule has 1 aliphatic heterocycles. The van der Waals surface area contributed by atoms with Crippen molar-refractivity contribution in [2.24, 2.45) is 0 Å². The lowest BCUT2D eigenvalue weighted by molar-refractivity contribution is -0.136. The average Bonchev–Trinajstić information content (AvgIpc) is 3.07. The molecule has 0 spiro atoms. The van der Waals surface area contributed by atoms with Crippen molar-refractivity contribution in [2.75, 3.05) is 36.1 Å². The molecule has 1 heterocycles. The van der Waals surface area contributed by atoms with Gasteiger partial charge in [-0.2, -0.15) is 0 Å². The summed E-state index contributed by atoms with van der Waals surface area (Å²) >= 11 is 1.53. The van der Waals surface area contributed by atoms with Crippen LogP contribution in [0.5, 0.6) is 0 Å². The summed E-state index contributed by atoms with van der Waals surface area (Å²) in [6.07, 6.45) is 8.83. The average molecular weight is 426 g/mol. The van der Waals surface area contributed by atoms with E-state index in [0.717, 1.165) is 30.8 Å². The van der Waals surface area contributed by atoms with Gasteiger partial charge in [-0.15, -0.1) is 11.8 Å². The van der Waals surface area contributed by atoms with Crippen LogP contribution in [0.25, 0.3) is 0 Å². The lowest BCUT2D eigenvalue weighted by atomic mass is 10.1. The third kappa shape index (κ3) is 6.52. The molecule has 2 N–H and O–H groups in total. The molecule has 160 valence electrons. The van der Waals surface area contributed by atoms with Crippen LogP contribution in [0, 0.1) is 0 Å². The van der Waals surface area contributed by atoms with Gasteiger partial charge in [-0.05, 0) is 61.8 Å². The van der Waals surface area contributed by atoms with Crippen molar-refractivity contribution in [2.45, 2.75) is 43.4 Å². The van der Waals surface area contributed by atoms with Gasteiger partial charge < -0.3 is 15.5 Å². The number of para-hydroxylation sites is 1. The molecule has 30 heavy (non-hydrogen) atoms. The maximum Gasteiger partial charge on any atom is 0.313 e. The molecule has 2 amide bonds. The summed E-state index contributed by atoms with van der Waals surface area (Å²) in [5.41, 5.74) is 3.21. The van der Waals surface area contributed by atoms with Crippen LogP contribution in [0.1, 0.15) is 37.7 Å². The third-order valence-corrected chi connectivity index (χ3v) is 6.19. The van der Waals surface area contributed by atoms with Crippen LogP contribution >= 0.6 is 11.8 Å². The second-order valence-corrected chi connectivity index (χ2v) is 8.43. The summed E-state index contributed by atoms with van der Waals surface area (Å²) in [5.74, 6) is -1.22. The predicted molar refractivity (Wildman–Crippen MR) is 125 cm³/mol. The van der Waals surface area contributed by atoms with Gasteiger partial charge in [-0.3, -0.25) is 9.59 Å². The van der Waals surface area contributed by atoms with Gasteiger partial charge in [0.25, 0.3) is 0 Å². The molecule has 0 saturated carbocycles. The monoisotopic (exact) mass is 425 g/mol. The molecule has 0 radical (unpaired) electrons. The van der Waals surface area contributed by atoms with Crippen LogP contribution in [0.4, 0.5) is 11.4 Å². The molecule has 0 aromatic heterocycles. The van der Waals surface area contributed by atoms with Gasteiger partial charge >= 0.3 is 11.8 Å². The Labute approximate surface area is 183 Å². The molecular formula is C24H31N3O2S. The molecule has 1 saturated heterocycles. The van der Waals surface area contributed by atoms with Crippen LogP contribution in [0.2, 0.25) is 0 Å². The molecule has 0 unspecified atom stereocenters. The minimum absolute atomic E-state index is 0.476. The summed E-state index contributed by atoms with van der Waals surface area (Å²) in [7, 11) is 0. The highest BCUT2D eigenvalue weighted by Gasteiger charge is 2.14. The van der Waals surface area contributed by atoms with E-state index in [-0.39, 0.29) is 0 Å². The number of nitrogens with one attached hydrogen (secondary N) is 2. The Hall–Kier alpha value is -2.47. The number of anilines is 2. The summed E-state index contributed by atoms with van der Waals surface area (Å²) in [5, 5.41) is 5.40. The van der Waals surface area contributed by atoms with Gasteiger partial charge in [0, 0.05) is 30.2 Å². The van der Waals surface area contributed by atoms with Crippen molar-refractivity contribution < 1.29 is 9.59 Å². The molecule has 2 aromatic rings. The third-order valence-electron chi connectivity index (χ3n) is 5.40. The number of aryl methyl sites for hydroxylation is 1. The zero-order valence-electron chi connectivity index (χ0n) is 17.7. The lowest BCUT2D eigenvalue weighted by Crippen LogP contribution is -2.36. The molecule has 6 heteroatoms. The first-order chi connectivity index (χ1) is 14.7. The Kier molecular flexibility index (Phi) is 8.63. The highest BCUT2D eigenvalue weighted by Crippen LogP contribution is 2.24. The molecule has 0 aliphatic carbocycles. The quantitative estimate of drug-likeness (QED) is 0.390. The number of amides is 2. The summed E-state index contributed by atoms with van der Waals surface area (Å²) < 4.78 is 0. The fourth-order valence-corrected chi connectivity index (χ4v) is 4.26. The smallest absolute Gasteiger partial charge is 0.313 e. The van der Waals surface area contributed by atoms with Gasteiger partial charge in [0.1, 0.15) is 0 Å². The number of rotatable bonds is 7. The normalized spacial score (nSPS) is 14.1. The van der Waals surface area contributed by atoms with Crippen LogP contribution in [-0.2, 0) is 16.0 Å². The number of carbonyl (C=O) groups excluding carboxylic acids is 2. The molecule has 3 rings (SSSR count). The maximum absolute atomic E-state index is 12.1. The van der Waals surface area contributed by atoms with Crippen molar-refractivity contribution in [3.8, 4) is 0 Å². The Morgan fingerprint density at radius 3 is 2.33 bits per heavy atom. The first-order valence-corrected chi connectivity index (χ1v) is 12.0. The van der Waals surface area contributed by atoms with Crippen LogP contribution in [0.3, 0.4) is 0 Å². The second kappa shape index (κ2) is 11.6. The standard InChI is InChI=1S/C24H31N3O2S/c1-30-22-11-5-4-10-21(22)26-24(29)23(28)25-16-8-9-19-12-14-20(15-13-19)27-17-6-2-3-7-18-27/h4-5,10-15H,2-3,6-9,16-18H2,1H3,(H,25,28)(H,26,29). The van der Waals surface area contributed by atoms with Crippen LogP contribution < -0.4 is 15.5 Å². The molecular weight excluding hydrogens is 394 g/mol. The number of carbonyl (C=O) groups is 2. The van der Waals surface area contributed by atoms with Crippen molar-refractivity contribution in [3.63, 3.8) is 0 Å². The maximum atomic E-state index is 12.1. The second-order valence-electron chi connectivity index (χ2n) is 7.58. The highest BCUT2D eigenvalue weighted by molar-refractivity contribution is 7.98. The zero-order chi connectivity index (χ0) is 21.2. The Morgan fingerprint density at radius 1 is 0.933 bits per heavy atom. The van der Waals surface area contributed by atoms with E-state index in [1.54, 1.807) is 6.07 Å². The largest absolute Gasteiger partial charge is 0.372 e. The molecule has 0 atom stereocenters. The molecule has 1 aliphatic rings. The number of benzene rings is 2. The molecule has 0 bridgehead atoms. The highest BCUT2D eigenvalue weighted by atomic mass is 32.2. The van der Waals surface area contributed by atoms with E-state index in [9.17, 15) is 9.59 Å². The number of thioether (sulfide) groups is 1. The van der Waals surface area contributed by atoms with Crippen molar-refractivity contribution in [3.05, 3.63) is 54.1 Å². The van der Waals surface area contributed by atoms with Gasteiger partial charge in [0.2, 0.25) is 0 Å². The summed E-state index contributed by atoms with van der Waals surface area (Å²) in [6.45, 7) is 2.77. The minimum atomic E-state index is -0.627.